The van der Waals surface area contributed by atoms with Crippen molar-refractivity contribution in [3.05, 3.63) is 41.7 Å². The first kappa shape index (κ1) is 21.1. The number of aliphatic hydroxyl groups excluding tert-OH is 1. The van der Waals surface area contributed by atoms with Gasteiger partial charge in [0.25, 0.3) is 5.91 Å². The number of halogens is 1. The second-order valence-electron chi connectivity index (χ2n) is 8.89. The van der Waals surface area contributed by atoms with E-state index in [4.69, 9.17) is 9.84 Å². The summed E-state index contributed by atoms with van der Waals surface area (Å²) in [7, 11) is -1.38. The molecule has 7 nitrogen and oxygen atoms in total. The zero-order chi connectivity index (χ0) is 21.7. The Morgan fingerprint density at radius 2 is 2.07 bits per heavy atom. The van der Waals surface area contributed by atoms with Crippen molar-refractivity contribution in [2.45, 2.75) is 56.7 Å². The van der Waals surface area contributed by atoms with Gasteiger partial charge in [-0.05, 0) is 25.6 Å². The van der Waals surface area contributed by atoms with Gasteiger partial charge in [0.2, 0.25) is 8.41 Å². The molecule has 30 heavy (non-hydrogen) atoms. The van der Waals surface area contributed by atoms with Gasteiger partial charge in [0, 0.05) is 49.8 Å². The van der Waals surface area contributed by atoms with E-state index in [1.54, 1.807) is 35.9 Å². The van der Waals surface area contributed by atoms with E-state index in [2.05, 4.69) is 10.3 Å². The predicted molar refractivity (Wildman–Crippen MR) is 113 cm³/mol. The molecule has 2 aliphatic rings. The number of hydrogen-bond donors (Lipinski definition) is 1. The first-order valence-electron chi connectivity index (χ1n) is 10.4. The van der Waals surface area contributed by atoms with Crippen LogP contribution in [0.2, 0.25) is 18.6 Å². The van der Waals surface area contributed by atoms with Gasteiger partial charge < -0.3 is 18.9 Å². The molecule has 0 bridgehead atoms. The number of carbonyl (C=O) groups is 1. The van der Waals surface area contributed by atoms with E-state index in [1.807, 2.05) is 31.2 Å². The van der Waals surface area contributed by atoms with E-state index in [0.717, 1.165) is 11.3 Å². The van der Waals surface area contributed by atoms with E-state index in [0.29, 0.717) is 25.1 Å². The van der Waals surface area contributed by atoms with E-state index in [1.165, 1.54) is 0 Å². The number of anilines is 1. The highest BCUT2D eigenvalue weighted by Crippen LogP contribution is 2.59. The highest BCUT2D eigenvalue weighted by atomic mass is 28.4. The Labute approximate surface area is 177 Å². The minimum atomic E-state index is -3.14. The molecular weight excluding hydrogens is 403 g/mol. The molecule has 0 radical (unpaired) electrons. The van der Waals surface area contributed by atoms with Crippen LogP contribution >= 0.6 is 0 Å². The van der Waals surface area contributed by atoms with Gasteiger partial charge in [-0.3, -0.25) is 9.48 Å². The van der Waals surface area contributed by atoms with Crippen LogP contribution in [0.15, 0.2) is 30.5 Å². The molecule has 1 spiro atoms. The second-order valence-corrected chi connectivity index (χ2v) is 12.7. The number of ether oxygens (including phenoxy) is 1. The molecule has 1 amide bonds. The van der Waals surface area contributed by atoms with Crippen LogP contribution in [0.25, 0.3) is 0 Å². The number of rotatable bonds is 6. The van der Waals surface area contributed by atoms with E-state index < -0.39 is 14.0 Å². The van der Waals surface area contributed by atoms with Crippen LogP contribution in [0, 0.1) is 5.92 Å². The monoisotopic (exact) mass is 432 g/mol. The number of para-hydroxylation sites is 1. The first-order chi connectivity index (χ1) is 14.2. The summed E-state index contributed by atoms with van der Waals surface area (Å²) in [5.41, 5.74) is 0.926. The van der Waals surface area contributed by atoms with Crippen molar-refractivity contribution in [2.24, 2.45) is 5.92 Å². The molecule has 0 aliphatic carbocycles. The molecule has 4 rings (SSSR count). The summed E-state index contributed by atoms with van der Waals surface area (Å²) in [6, 6.07) is 7.65. The molecule has 3 heterocycles. The van der Waals surface area contributed by atoms with Gasteiger partial charge in [-0.25, -0.2) is 0 Å². The molecule has 1 fully saturated rings. The maximum absolute atomic E-state index is 15.5. The van der Waals surface area contributed by atoms with E-state index in [-0.39, 0.29) is 30.1 Å². The quantitative estimate of drug-likeness (QED) is 0.561. The predicted octanol–water partition coefficient (Wildman–Crippen LogP) is 2.65. The summed E-state index contributed by atoms with van der Waals surface area (Å²) in [5.74, 6) is -0.388. The van der Waals surface area contributed by atoms with Gasteiger partial charge >= 0.3 is 0 Å². The molecule has 1 saturated heterocycles. The van der Waals surface area contributed by atoms with Crippen LogP contribution in [0.5, 0.6) is 0 Å². The molecule has 0 saturated carbocycles. The van der Waals surface area contributed by atoms with Gasteiger partial charge in [-0.15, -0.1) is 5.10 Å². The third kappa shape index (κ3) is 3.19. The van der Waals surface area contributed by atoms with Crippen LogP contribution in [0.1, 0.15) is 24.6 Å². The number of nitrogens with zero attached hydrogens (tertiary/aromatic N) is 4. The Balaban J connectivity index is 1.65. The lowest BCUT2D eigenvalue weighted by Gasteiger charge is -2.30. The number of aromatic nitrogens is 3. The number of amides is 1. The number of carbonyl (C=O) groups excluding carboxylic acids is 1. The Morgan fingerprint density at radius 1 is 1.33 bits per heavy atom. The average Bonchev–Trinajstić information content (AvgIpc) is 3.32. The maximum atomic E-state index is 15.5. The summed E-state index contributed by atoms with van der Waals surface area (Å²) >= 11 is 0. The zero-order valence-electron chi connectivity index (χ0n) is 17.9. The number of aryl methyl sites for hydroxylation is 1. The summed E-state index contributed by atoms with van der Waals surface area (Å²) in [6.45, 7) is 5.89. The Morgan fingerprint density at radius 3 is 2.77 bits per heavy atom. The van der Waals surface area contributed by atoms with Crippen molar-refractivity contribution in [3.8, 4) is 0 Å². The molecule has 0 unspecified atom stereocenters. The minimum absolute atomic E-state index is 0.0171. The summed E-state index contributed by atoms with van der Waals surface area (Å²) < 4.78 is 23.8. The number of aliphatic hydroxyl groups is 1. The van der Waals surface area contributed by atoms with Crippen LogP contribution in [0.3, 0.4) is 0 Å². The van der Waals surface area contributed by atoms with Crippen LogP contribution in [-0.2, 0) is 28.1 Å². The van der Waals surface area contributed by atoms with Crippen molar-refractivity contribution in [3.63, 3.8) is 0 Å². The fourth-order valence-electron chi connectivity index (χ4n) is 5.31. The fourth-order valence-corrected chi connectivity index (χ4v) is 7.86. The lowest BCUT2D eigenvalue weighted by Crippen LogP contribution is -2.44. The highest BCUT2D eigenvalue weighted by molar-refractivity contribution is 6.72. The lowest BCUT2D eigenvalue weighted by atomic mass is 9.82. The van der Waals surface area contributed by atoms with Crippen molar-refractivity contribution < 1.29 is 18.7 Å². The maximum Gasteiger partial charge on any atom is 0.264 e. The number of likely N-dealkylation sites (N-methyl/N-ethyl adjacent to an activating group) is 1. The van der Waals surface area contributed by atoms with Crippen LogP contribution < -0.4 is 4.90 Å². The summed E-state index contributed by atoms with van der Waals surface area (Å²) in [6.07, 6.45) is 2.39. The first-order valence-corrected chi connectivity index (χ1v) is 13.4. The van der Waals surface area contributed by atoms with Crippen LogP contribution in [-0.4, -0.2) is 54.2 Å². The largest absolute Gasteiger partial charge is 0.396 e. The van der Waals surface area contributed by atoms with Crippen molar-refractivity contribution in [2.75, 3.05) is 18.6 Å². The molecule has 162 valence electrons. The zero-order valence-corrected chi connectivity index (χ0v) is 18.9. The SMILES string of the molecule is C[C@@H]1[C@@H]([Si](C)(C)F)[C@H](CCn2cc(CCO)nn2)O[C@@]12C(=O)N(C)c1ccccc12. The Kier molecular flexibility index (Phi) is 5.32. The topological polar surface area (TPSA) is 80.5 Å². The molecule has 9 heteroatoms. The van der Waals surface area contributed by atoms with Crippen molar-refractivity contribution in [1.29, 1.82) is 0 Å². The third-order valence-corrected chi connectivity index (χ3v) is 9.05. The molecule has 1 aromatic heterocycles. The Hall–Kier alpha value is -2.10. The van der Waals surface area contributed by atoms with Gasteiger partial charge in [-0.1, -0.05) is 30.3 Å². The van der Waals surface area contributed by atoms with Crippen LogP contribution in [0.4, 0.5) is 9.80 Å². The summed E-state index contributed by atoms with van der Waals surface area (Å²) in [5, 5.41) is 17.2. The van der Waals surface area contributed by atoms with Gasteiger partial charge in [-0.2, -0.15) is 0 Å². The molecular formula is C21H29FN4O3Si. The lowest BCUT2D eigenvalue weighted by molar-refractivity contribution is -0.145. The number of benzene rings is 1. The molecule has 4 atom stereocenters. The standard InChI is InChI=1S/C21H29FN4O3Si/c1-14-19(30(3,4)22)18(9-11-26-13-15(10-12-27)23-24-26)29-21(14)16-7-5-6-8-17(16)25(2)20(21)28/h5-8,13-14,18-19,27H,9-12H2,1-4H3/t14-,18+,19-,21+/m1/s1. The van der Waals surface area contributed by atoms with E-state index >= 15 is 4.11 Å². The van der Waals surface area contributed by atoms with Crippen molar-refractivity contribution in [1.82, 2.24) is 15.0 Å². The van der Waals surface area contributed by atoms with Gasteiger partial charge in [0.15, 0.2) is 5.60 Å². The second kappa shape index (κ2) is 7.54. The highest BCUT2D eigenvalue weighted by Gasteiger charge is 2.66. The third-order valence-electron chi connectivity index (χ3n) is 6.60. The molecule has 1 aromatic carbocycles. The molecule has 1 N–H and O–H groups in total. The normalized spacial score (nSPS) is 28.5. The smallest absolute Gasteiger partial charge is 0.264 e. The van der Waals surface area contributed by atoms with Gasteiger partial charge in [0.05, 0.1) is 17.5 Å². The molecule has 2 aromatic rings. The minimum Gasteiger partial charge on any atom is -0.396 e. The number of hydrogen-bond acceptors (Lipinski definition) is 5. The van der Waals surface area contributed by atoms with Gasteiger partial charge in [0.1, 0.15) is 0 Å². The number of fused-ring (bicyclic) bond motifs is 2. The Bertz CT molecular complexity index is 946. The van der Waals surface area contributed by atoms with Crippen molar-refractivity contribution >= 4 is 20.0 Å². The average molecular weight is 433 g/mol. The fraction of sp³-hybridized carbons (Fsp3) is 0.571. The summed E-state index contributed by atoms with van der Waals surface area (Å²) in [4.78, 5) is 15.0. The van der Waals surface area contributed by atoms with E-state index in [9.17, 15) is 4.79 Å². The molecule has 2 aliphatic heterocycles.